The first-order valence-corrected chi connectivity index (χ1v) is 14.9. The Hall–Kier alpha value is -5.92. The Kier molecular flexibility index (Phi) is 3.72. The molecule has 9 aromatic carbocycles. The van der Waals surface area contributed by atoms with Gasteiger partial charge in [-0.2, -0.15) is 0 Å². The van der Waals surface area contributed by atoms with Crippen LogP contribution in [0.2, 0.25) is 0 Å². The van der Waals surface area contributed by atoms with E-state index in [1.165, 1.54) is 0 Å². The fraction of sp³-hybridized carbons (Fsp3) is 0. The molecule has 1 aromatic heterocycles. The lowest BCUT2D eigenvalue weighted by Gasteiger charge is -2.19. The van der Waals surface area contributed by atoms with E-state index in [1.54, 1.807) is 6.07 Å². The first kappa shape index (κ1) is 18.0. The maximum atomic E-state index is 9.42. The molecule has 0 atom stereocenters. The number of furan rings is 1. The lowest BCUT2D eigenvalue weighted by atomic mass is 9.84. The van der Waals surface area contributed by atoms with E-state index in [9.17, 15) is 5.48 Å². The number of benzene rings is 9. The molecular formula is C44H26O. The molecule has 0 fully saturated rings. The third-order valence-electron chi connectivity index (χ3n) is 9.08. The average molecular weight is 579 g/mol. The quantitative estimate of drug-likeness (QED) is 0.147. The van der Waals surface area contributed by atoms with Crippen LogP contribution in [0.3, 0.4) is 0 Å². The normalized spacial score (nSPS) is 14.5. The van der Waals surface area contributed by atoms with E-state index in [4.69, 9.17) is 9.90 Å². The minimum absolute atomic E-state index is 0.179. The van der Waals surface area contributed by atoms with Crippen molar-refractivity contribution in [3.05, 3.63) is 158 Å². The molecule has 1 nitrogen and oxygen atoms in total. The summed E-state index contributed by atoms with van der Waals surface area (Å²) in [5.74, 6) is 0. The molecule has 0 aliphatic heterocycles. The molecule has 45 heavy (non-hydrogen) atoms. The van der Waals surface area contributed by atoms with Gasteiger partial charge in [-0.3, -0.25) is 0 Å². The minimum Gasteiger partial charge on any atom is -0.456 e. The van der Waals surface area contributed by atoms with E-state index in [1.807, 2.05) is 103 Å². The fourth-order valence-corrected chi connectivity index (χ4v) is 7.14. The largest absolute Gasteiger partial charge is 0.456 e. The first-order valence-electron chi connectivity index (χ1n) is 18.9. The van der Waals surface area contributed by atoms with Gasteiger partial charge in [0.25, 0.3) is 0 Å². The molecular weight excluding hydrogens is 544 g/mol. The predicted octanol–water partition coefficient (Wildman–Crippen LogP) is 12.7. The molecule has 10 rings (SSSR count). The summed E-state index contributed by atoms with van der Waals surface area (Å²) in [7, 11) is 0. The van der Waals surface area contributed by atoms with Crippen molar-refractivity contribution >= 4 is 75.8 Å². The molecule has 0 radical (unpaired) electrons. The summed E-state index contributed by atoms with van der Waals surface area (Å²) in [6.07, 6.45) is 0. The van der Waals surface area contributed by atoms with Crippen molar-refractivity contribution in [2.24, 2.45) is 0 Å². The van der Waals surface area contributed by atoms with Gasteiger partial charge in [-0.15, -0.1) is 0 Å². The maximum absolute atomic E-state index is 9.42. The van der Waals surface area contributed by atoms with Gasteiger partial charge < -0.3 is 4.42 Å². The summed E-state index contributed by atoms with van der Waals surface area (Å²) in [5, 5.41) is 8.14. The number of fused-ring (bicyclic) bond motifs is 10. The van der Waals surface area contributed by atoms with Crippen LogP contribution in [0.1, 0.15) is 11.0 Å². The zero-order valence-electron chi connectivity index (χ0n) is 31.8. The highest BCUT2D eigenvalue weighted by atomic mass is 16.3. The van der Waals surface area contributed by atoms with E-state index in [0.29, 0.717) is 33.4 Å². The Morgan fingerprint density at radius 3 is 1.76 bits per heavy atom. The van der Waals surface area contributed by atoms with E-state index in [0.717, 1.165) is 43.1 Å². The Balaban J connectivity index is 1.46. The molecule has 0 aliphatic rings. The molecule has 1 heterocycles. The predicted molar refractivity (Wildman–Crippen MR) is 192 cm³/mol. The fourth-order valence-electron chi connectivity index (χ4n) is 7.14. The molecule has 0 saturated carbocycles. The Morgan fingerprint density at radius 2 is 1.00 bits per heavy atom. The lowest BCUT2D eigenvalue weighted by molar-refractivity contribution is 0.669. The van der Waals surface area contributed by atoms with Crippen LogP contribution >= 0.6 is 0 Å². The third-order valence-corrected chi connectivity index (χ3v) is 9.08. The van der Waals surface area contributed by atoms with Gasteiger partial charge >= 0.3 is 0 Å². The van der Waals surface area contributed by atoms with Gasteiger partial charge in [-0.1, -0.05) is 139 Å². The summed E-state index contributed by atoms with van der Waals surface area (Å²) in [4.78, 5) is 0. The van der Waals surface area contributed by atoms with Crippen LogP contribution in [0.15, 0.2) is 162 Å². The number of hydrogen-bond donors (Lipinski definition) is 0. The Bertz CT molecular complexity index is 3190. The molecule has 0 amide bonds. The molecule has 10 aromatic rings. The van der Waals surface area contributed by atoms with Gasteiger partial charge in [-0.25, -0.2) is 0 Å². The van der Waals surface area contributed by atoms with Crippen molar-refractivity contribution in [2.45, 2.75) is 0 Å². The monoisotopic (exact) mass is 578 g/mol. The van der Waals surface area contributed by atoms with Crippen molar-refractivity contribution in [2.75, 3.05) is 0 Å². The second kappa shape index (κ2) is 9.29. The van der Waals surface area contributed by atoms with Gasteiger partial charge in [-0.05, 0) is 94.3 Å². The van der Waals surface area contributed by atoms with E-state index in [-0.39, 0.29) is 45.7 Å². The first-order chi connectivity index (χ1) is 25.7. The highest BCUT2D eigenvalue weighted by Crippen LogP contribution is 2.47. The Labute approximate surface area is 270 Å². The van der Waals surface area contributed by atoms with Crippen LogP contribution in [-0.2, 0) is 0 Å². The smallest absolute Gasteiger partial charge is 0.136 e. The van der Waals surface area contributed by atoms with E-state index in [2.05, 4.69) is 0 Å². The van der Waals surface area contributed by atoms with Crippen LogP contribution in [0.4, 0.5) is 0 Å². The number of hydrogen-bond acceptors (Lipinski definition) is 1. The van der Waals surface area contributed by atoms with Gasteiger partial charge in [0, 0.05) is 10.8 Å². The van der Waals surface area contributed by atoms with Gasteiger partial charge in [0.05, 0.1) is 11.0 Å². The summed E-state index contributed by atoms with van der Waals surface area (Å²) in [5.41, 5.74) is 3.09. The van der Waals surface area contributed by atoms with Crippen LogP contribution in [0.5, 0.6) is 0 Å². The Morgan fingerprint density at radius 1 is 0.400 bits per heavy atom. The lowest BCUT2D eigenvalue weighted by Crippen LogP contribution is -1.92. The topological polar surface area (TPSA) is 13.1 Å². The van der Waals surface area contributed by atoms with Crippen LogP contribution < -0.4 is 0 Å². The van der Waals surface area contributed by atoms with Gasteiger partial charge in [0.1, 0.15) is 11.2 Å². The average Bonchev–Trinajstić information content (AvgIpc) is 3.57. The molecule has 1 heteroatoms. The van der Waals surface area contributed by atoms with Crippen molar-refractivity contribution in [1.29, 1.82) is 0 Å². The van der Waals surface area contributed by atoms with E-state index < -0.39 is 24.2 Å². The van der Waals surface area contributed by atoms with Crippen molar-refractivity contribution < 1.29 is 15.4 Å². The summed E-state index contributed by atoms with van der Waals surface area (Å²) in [6.45, 7) is 0. The van der Waals surface area contributed by atoms with Gasteiger partial charge in [0.2, 0.25) is 0 Å². The van der Waals surface area contributed by atoms with Crippen LogP contribution in [0, 0.1) is 0 Å². The summed E-state index contributed by atoms with van der Waals surface area (Å²) >= 11 is 0. The molecule has 0 spiro atoms. The molecule has 208 valence electrons. The van der Waals surface area contributed by atoms with Crippen molar-refractivity contribution in [3.63, 3.8) is 0 Å². The van der Waals surface area contributed by atoms with Crippen molar-refractivity contribution in [3.8, 4) is 22.3 Å². The molecule has 0 N–H and O–H groups in total. The van der Waals surface area contributed by atoms with Crippen LogP contribution in [0.25, 0.3) is 98.1 Å². The zero-order valence-corrected chi connectivity index (χ0v) is 23.8. The molecule has 0 unspecified atom stereocenters. The maximum Gasteiger partial charge on any atom is 0.136 e. The highest BCUT2D eigenvalue weighted by molar-refractivity contribution is 6.26. The SMILES string of the molecule is [2H]c1c([2H])c([2H])c2c(-c3cccc4c3ccc3ccccc34)c3c([2H])c([2H])c([2H])c([2H])c3c(-c3ccc4oc5ccc6ccccc6c5c4c3)c2c1[2H]. The second-order valence-electron chi connectivity index (χ2n) is 11.4. The third kappa shape index (κ3) is 3.50. The van der Waals surface area contributed by atoms with Crippen molar-refractivity contribution in [1.82, 2.24) is 0 Å². The second-order valence-corrected chi connectivity index (χ2v) is 11.4. The summed E-state index contributed by atoms with van der Waals surface area (Å²) < 4.78 is 79.3. The highest BCUT2D eigenvalue weighted by Gasteiger charge is 2.19. The zero-order chi connectivity index (χ0) is 36.4. The number of rotatable bonds is 2. The molecule has 0 aliphatic carbocycles. The van der Waals surface area contributed by atoms with Gasteiger partial charge in [0.15, 0.2) is 0 Å². The van der Waals surface area contributed by atoms with Crippen LogP contribution in [-0.4, -0.2) is 0 Å². The summed E-state index contributed by atoms with van der Waals surface area (Å²) in [6, 6.07) is 32.3. The molecule has 0 bridgehead atoms. The molecule has 0 saturated heterocycles. The van der Waals surface area contributed by atoms with E-state index >= 15 is 0 Å². The standard InChI is InChI=1S/C44H26O/c1-3-12-30-27(10-1)20-23-33-32(30)18-9-19-34(33)43-37-16-7-5-14-35(37)42(36-15-6-8-17-38(36)43)29-22-24-40-39(26-29)44-31-13-4-2-11-28(31)21-25-41(44)45-40/h1-26H/i5D,6D,7D,8D,14D,15D,16D,17D. The minimum atomic E-state index is -0.431.